The lowest BCUT2D eigenvalue weighted by Gasteiger charge is -2.22. The first-order chi connectivity index (χ1) is 20.8. The third-order valence-corrected chi connectivity index (χ3v) is 10.1. The third-order valence-electron chi connectivity index (χ3n) is 8.51. The van der Waals surface area contributed by atoms with Crippen molar-refractivity contribution in [2.75, 3.05) is 0 Å². The molecule has 202 valence electrons. The fourth-order valence-electron chi connectivity index (χ4n) is 6.50. The molecule has 0 fully saturated rings. The van der Waals surface area contributed by atoms with E-state index < -0.39 is 0 Å². The number of benzene rings is 4. The highest BCUT2D eigenvalue weighted by Crippen LogP contribution is 2.45. The van der Waals surface area contributed by atoms with E-state index in [1.54, 1.807) is 0 Å². The Balaban J connectivity index is 1.31. The van der Waals surface area contributed by atoms with E-state index in [-0.39, 0.29) is 0 Å². The first kappa shape index (κ1) is 25.1. The number of nitrogens with zero attached hydrogens (tertiary/aromatic N) is 2. The lowest BCUT2D eigenvalue weighted by molar-refractivity contribution is 0.828. The predicted octanol–water partition coefficient (Wildman–Crippen LogP) is 10.5. The summed E-state index contributed by atoms with van der Waals surface area (Å²) in [5, 5.41) is 8.41. The zero-order valence-corrected chi connectivity index (χ0v) is 24.0. The van der Waals surface area contributed by atoms with Crippen LogP contribution >= 0.6 is 11.8 Å². The van der Waals surface area contributed by atoms with E-state index in [0.717, 1.165) is 35.2 Å². The second-order valence-corrected chi connectivity index (χ2v) is 12.4. The van der Waals surface area contributed by atoms with Gasteiger partial charge in [0, 0.05) is 32.6 Å². The summed E-state index contributed by atoms with van der Waals surface area (Å²) in [5.74, 6) is 0. The number of fused-ring (bicyclic) bond motifs is 4. The quantitative estimate of drug-likeness (QED) is 0.214. The van der Waals surface area contributed by atoms with Crippen molar-refractivity contribution >= 4 is 28.1 Å². The van der Waals surface area contributed by atoms with Crippen LogP contribution in [0.3, 0.4) is 0 Å². The van der Waals surface area contributed by atoms with Crippen LogP contribution in [0.2, 0.25) is 0 Å². The van der Waals surface area contributed by atoms with Gasteiger partial charge in [-0.15, -0.1) is 11.8 Å². The molecule has 0 spiro atoms. The summed E-state index contributed by atoms with van der Waals surface area (Å²) in [6.45, 7) is 0. The van der Waals surface area contributed by atoms with Gasteiger partial charge >= 0.3 is 0 Å². The van der Waals surface area contributed by atoms with Crippen LogP contribution in [-0.4, -0.2) is 14.9 Å². The maximum Gasteiger partial charge on any atom is 0.0826 e. The summed E-state index contributed by atoms with van der Waals surface area (Å²) in [7, 11) is 0. The van der Waals surface area contributed by atoms with Crippen LogP contribution in [-0.2, 0) is 0 Å². The van der Waals surface area contributed by atoms with E-state index in [1.807, 2.05) is 6.20 Å². The normalized spacial score (nSPS) is 18.1. The maximum atomic E-state index is 5.04. The number of hydrogen-bond donors (Lipinski definition) is 0. The van der Waals surface area contributed by atoms with Gasteiger partial charge in [-0.05, 0) is 40.5 Å². The van der Waals surface area contributed by atoms with Crippen LogP contribution in [0.5, 0.6) is 0 Å². The second-order valence-electron chi connectivity index (χ2n) is 11.0. The van der Waals surface area contributed by atoms with E-state index >= 15 is 0 Å². The molecular formula is C39H30N2S. The van der Waals surface area contributed by atoms with E-state index in [0.29, 0.717) is 10.5 Å². The number of hydrogen-bond acceptors (Lipinski definition) is 2. The minimum atomic E-state index is 0.442. The lowest BCUT2D eigenvalue weighted by atomic mass is 9.91. The molecule has 2 aliphatic rings. The molecule has 4 aromatic carbocycles. The Morgan fingerprint density at radius 1 is 0.690 bits per heavy atom. The average molecular weight is 559 g/mol. The van der Waals surface area contributed by atoms with Crippen LogP contribution in [0.15, 0.2) is 151 Å². The lowest BCUT2D eigenvalue weighted by Crippen LogP contribution is -2.05. The van der Waals surface area contributed by atoms with Crippen molar-refractivity contribution in [3.8, 4) is 33.5 Å². The van der Waals surface area contributed by atoms with Gasteiger partial charge < -0.3 is 0 Å². The van der Waals surface area contributed by atoms with Gasteiger partial charge in [0.1, 0.15) is 0 Å². The Morgan fingerprint density at radius 2 is 1.40 bits per heavy atom. The van der Waals surface area contributed by atoms with Gasteiger partial charge in [-0.25, -0.2) is 4.52 Å². The number of pyridine rings is 1. The van der Waals surface area contributed by atoms with Gasteiger partial charge in [-0.1, -0.05) is 140 Å². The largest absolute Gasteiger partial charge is 0.231 e. The third kappa shape index (κ3) is 4.33. The molecule has 0 radical (unpaired) electrons. The van der Waals surface area contributed by atoms with E-state index in [1.165, 1.54) is 38.6 Å². The zero-order valence-electron chi connectivity index (χ0n) is 23.2. The highest BCUT2D eigenvalue weighted by molar-refractivity contribution is 8.00. The molecule has 1 aliphatic heterocycles. The Bertz CT molecular complexity index is 2000. The average Bonchev–Trinajstić information content (AvgIpc) is 3.39. The van der Waals surface area contributed by atoms with E-state index in [2.05, 4.69) is 156 Å². The highest BCUT2D eigenvalue weighted by atomic mass is 32.2. The van der Waals surface area contributed by atoms with E-state index in [9.17, 15) is 0 Å². The zero-order chi connectivity index (χ0) is 27.9. The van der Waals surface area contributed by atoms with Gasteiger partial charge in [0.05, 0.1) is 17.4 Å². The summed E-state index contributed by atoms with van der Waals surface area (Å²) in [6.07, 6.45) is 15.7. The fourth-order valence-corrected chi connectivity index (χ4v) is 7.96. The van der Waals surface area contributed by atoms with Crippen molar-refractivity contribution in [3.05, 3.63) is 157 Å². The molecule has 0 saturated heterocycles. The van der Waals surface area contributed by atoms with Crippen molar-refractivity contribution < 1.29 is 0 Å². The second kappa shape index (κ2) is 10.7. The Hall–Kier alpha value is -4.60. The monoisotopic (exact) mass is 558 g/mol. The molecule has 6 aromatic rings. The SMILES string of the molecule is C1=CC2=CCCC(c3ccc(-c4c(-c5ccccc5)n5ncc(-c6ccccc6)c5c5ccccc45)cc3)SC2C=C1. The summed E-state index contributed by atoms with van der Waals surface area (Å²) in [4.78, 5) is 0. The highest BCUT2D eigenvalue weighted by Gasteiger charge is 2.24. The molecule has 3 heterocycles. The standard InChI is InChI=1S/C39H30N2S/c1-3-12-27(13-4-1)34-26-40-41-38(31-15-5-2-6-16-31)37(32-18-8-9-19-33(32)39(34)41)30-24-22-29(23-25-30)36-21-11-17-28-14-7-10-20-35(28)42-36/h1-10,12-20,22-26,35-36H,11,21H2. The Kier molecular flexibility index (Phi) is 6.38. The maximum absolute atomic E-state index is 5.04. The first-order valence-electron chi connectivity index (χ1n) is 14.7. The van der Waals surface area contributed by atoms with Crippen molar-refractivity contribution in [3.63, 3.8) is 0 Å². The smallest absolute Gasteiger partial charge is 0.0826 e. The number of allylic oxidation sites excluding steroid dienone is 4. The van der Waals surface area contributed by atoms with Crippen LogP contribution in [0.4, 0.5) is 0 Å². The minimum absolute atomic E-state index is 0.442. The van der Waals surface area contributed by atoms with Gasteiger partial charge in [-0.2, -0.15) is 5.10 Å². The van der Waals surface area contributed by atoms with Crippen molar-refractivity contribution in [1.82, 2.24) is 9.61 Å². The molecule has 0 N–H and O–H groups in total. The molecule has 0 saturated carbocycles. The number of rotatable bonds is 4. The van der Waals surface area contributed by atoms with Gasteiger partial charge in [-0.3, -0.25) is 0 Å². The van der Waals surface area contributed by atoms with Crippen LogP contribution < -0.4 is 0 Å². The summed E-state index contributed by atoms with van der Waals surface area (Å²) in [6, 6.07) is 39.5. The molecule has 0 bridgehead atoms. The van der Waals surface area contributed by atoms with E-state index in [4.69, 9.17) is 5.10 Å². The van der Waals surface area contributed by atoms with Crippen molar-refractivity contribution in [2.24, 2.45) is 0 Å². The Morgan fingerprint density at radius 3 is 2.19 bits per heavy atom. The summed E-state index contributed by atoms with van der Waals surface area (Å²) >= 11 is 2.08. The molecule has 0 amide bonds. The summed E-state index contributed by atoms with van der Waals surface area (Å²) < 4.78 is 2.17. The molecule has 1 aliphatic carbocycles. The predicted molar refractivity (Wildman–Crippen MR) is 179 cm³/mol. The molecule has 2 nitrogen and oxygen atoms in total. The fraction of sp³-hybridized carbons (Fsp3) is 0.103. The molecule has 3 heteroatoms. The van der Waals surface area contributed by atoms with Gasteiger partial charge in [0.15, 0.2) is 0 Å². The summed E-state index contributed by atoms with van der Waals surface area (Å²) in [5.41, 5.74) is 11.0. The molecule has 2 unspecified atom stereocenters. The minimum Gasteiger partial charge on any atom is -0.231 e. The first-order valence-corrected chi connectivity index (χ1v) is 15.6. The van der Waals surface area contributed by atoms with Crippen LogP contribution in [0.25, 0.3) is 49.8 Å². The van der Waals surface area contributed by atoms with Crippen molar-refractivity contribution in [1.29, 1.82) is 0 Å². The molecule has 42 heavy (non-hydrogen) atoms. The Labute approximate surface area is 250 Å². The van der Waals surface area contributed by atoms with Crippen molar-refractivity contribution in [2.45, 2.75) is 23.3 Å². The topological polar surface area (TPSA) is 17.3 Å². The number of aromatic nitrogens is 2. The van der Waals surface area contributed by atoms with Gasteiger partial charge in [0.2, 0.25) is 0 Å². The van der Waals surface area contributed by atoms with Crippen LogP contribution in [0.1, 0.15) is 23.7 Å². The molecule has 8 rings (SSSR count). The molecular weight excluding hydrogens is 529 g/mol. The molecule has 2 atom stereocenters. The number of thioether (sulfide) groups is 1. The van der Waals surface area contributed by atoms with Gasteiger partial charge in [0.25, 0.3) is 0 Å². The molecule has 2 aromatic heterocycles. The van der Waals surface area contributed by atoms with Crippen LogP contribution in [0, 0.1) is 0 Å².